The molecule has 11 heteroatoms. The molecule has 36 heavy (non-hydrogen) atoms. The van der Waals surface area contributed by atoms with Crippen LogP contribution in [0, 0.1) is 13.8 Å². The van der Waals surface area contributed by atoms with Crippen molar-refractivity contribution >= 4 is 27.8 Å². The molecule has 0 fully saturated rings. The van der Waals surface area contributed by atoms with Crippen LogP contribution in [0.2, 0.25) is 0 Å². The van der Waals surface area contributed by atoms with Crippen molar-refractivity contribution < 1.29 is 18.8 Å². The van der Waals surface area contributed by atoms with Gasteiger partial charge in [0.25, 0.3) is 5.56 Å². The highest BCUT2D eigenvalue weighted by Gasteiger charge is 2.20. The van der Waals surface area contributed by atoms with Gasteiger partial charge in [-0.05, 0) is 43.7 Å². The molecule has 2 aromatic carbocycles. The number of amides is 1. The van der Waals surface area contributed by atoms with Gasteiger partial charge in [0.1, 0.15) is 24.1 Å². The summed E-state index contributed by atoms with van der Waals surface area (Å²) in [5.74, 6) is 1.88. The zero-order valence-electron chi connectivity index (χ0n) is 19.6. The highest BCUT2D eigenvalue weighted by molar-refractivity contribution is 6.06. The van der Waals surface area contributed by atoms with Gasteiger partial charge in [0.05, 0.1) is 11.8 Å². The number of aromatic nitrogens is 5. The lowest BCUT2D eigenvalue weighted by Gasteiger charge is -2.10. The van der Waals surface area contributed by atoms with E-state index in [9.17, 15) is 9.59 Å². The van der Waals surface area contributed by atoms with Crippen LogP contribution in [0.3, 0.4) is 0 Å². The van der Waals surface area contributed by atoms with Crippen molar-refractivity contribution in [3.63, 3.8) is 0 Å². The SMILES string of the molecule is Cc1ccc2c(c1)c1ncn(Cc3nc(C)no3)c(=O)c1n2CC(=O)NCc1ccc2c(c1)OCO2. The minimum absolute atomic E-state index is 0.0474. The maximum Gasteiger partial charge on any atom is 0.278 e. The van der Waals surface area contributed by atoms with Crippen molar-refractivity contribution in [3.05, 3.63) is 75.9 Å². The van der Waals surface area contributed by atoms with Gasteiger partial charge in [-0.25, -0.2) is 4.98 Å². The van der Waals surface area contributed by atoms with Gasteiger partial charge in [0, 0.05) is 11.9 Å². The number of aryl methyl sites for hydroxylation is 2. The van der Waals surface area contributed by atoms with Crippen molar-refractivity contribution in [2.24, 2.45) is 0 Å². The Bertz CT molecular complexity index is 1700. The molecule has 182 valence electrons. The van der Waals surface area contributed by atoms with Gasteiger partial charge in [-0.3, -0.25) is 14.2 Å². The van der Waals surface area contributed by atoms with E-state index >= 15 is 0 Å². The first-order chi connectivity index (χ1) is 17.5. The van der Waals surface area contributed by atoms with Crippen molar-refractivity contribution in [1.82, 2.24) is 29.6 Å². The Morgan fingerprint density at radius 1 is 1.11 bits per heavy atom. The minimum Gasteiger partial charge on any atom is -0.454 e. The summed E-state index contributed by atoms with van der Waals surface area (Å²) in [6, 6.07) is 11.4. The molecule has 4 heterocycles. The minimum atomic E-state index is -0.298. The zero-order chi connectivity index (χ0) is 24.8. The fraction of sp³-hybridized carbons (Fsp3) is 0.240. The van der Waals surface area contributed by atoms with Crippen molar-refractivity contribution in [1.29, 1.82) is 0 Å². The normalized spacial score (nSPS) is 12.5. The van der Waals surface area contributed by atoms with Crippen LogP contribution in [0.4, 0.5) is 0 Å². The van der Waals surface area contributed by atoms with E-state index in [1.165, 1.54) is 10.9 Å². The second kappa shape index (κ2) is 8.52. The number of carbonyl (C=O) groups is 1. The van der Waals surface area contributed by atoms with Gasteiger partial charge >= 0.3 is 0 Å². The monoisotopic (exact) mass is 486 g/mol. The molecule has 3 aromatic heterocycles. The lowest BCUT2D eigenvalue weighted by atomic mass is 10.1. The molecule has 0 saturated heterocycles. The number of nitrogens with zero attached hydrogens (tertiary/aromatic N) is 5. The number of ether oxygens (including phenoxy) is 2. The Hall–Kier alpha value is -4.67. The van der Waals surface area contributed by atoms with E-state index in [1.807, 2.05) is 43.3 Å². The van der Waals surface area contributed by atoms with Crippen LogP contribution in [-0.4, -0.2) is 37.0 Å². The highest BCUT2D eigenvalue weighted by Crippen LogP contribution is 2.32. The highest BCUT2D eigenvalue weighted by atomic mass is 16.7. The maximum atomic E-state index is 13.5. The molecule has 6 rings (SSSR count). The summed E-state index contributed by atoms with van der Waals surface area (Å²) in [5, 5.41) is 7.51. The second-order valence-electron chi connectivity index (χ2n) is 8.68. The van der Waals surface area contributed by atoms with Crippen molar-refractivity contribution in [2.75, 3.05) is 6.79 Å². The third-order valence-corrected chi connectivity index (χ3v) is 6.09. The van der Waals surface area contributed by atoms with Gasteiger partial charge < -0.3 is 23.9 Å². The first kappa shape index (κ1) is 21.8. The predicted octanol–water partition coefficient (Wildman–Crippen LogP) is 2.44. The average Bonchev–Trinajstić information content (AvgIpc) is 3.57. The fourth-order valence-corrected chi connectivity index (χ4v) is 4.39. The third kappa shape index (κ3) is 3.84. The molecule has 5 aromatic rings. The Morgan fingerprint density at radius 2 is 1.97 bits per heavy atom. The molecule has 1 N–H and O–H groups in total. The van der Waals surface area contributed by atoms with E-state index in [2.05, 4.69) is 20.4 Å². The molecule has 1 amide bonds. The molecule has 11 nitrogen and oxygen atoms in total. The standard InChI is InChI=1S/C25H22N6O5/c1-14-3-5-18-17(7-14)23-24(25(33)30(12-27-23)11-22-28-15(2)29-36-22)31(18)10-21(32)26-9-16-4-6-19-20(8-16)35-13-34-19/h3-8,12H,9-11,13H2,1-2H3,(H,26,32). The smallest absolute Gasteiger partial charge is 0.278 e. The topological polar surface area (TPSA) is 126 Å². The summed E-state index contributed by atoms with van der Waals surface area (Å²) < 4.78 is 19.0. The van der Waals surface area contributed by atoms with Crippen LogP contribution in [0.1, 0.15) is 22.8 Å². The zero-order valence-corrected chi connectivity index (χ0v) is 19.6. The third-order valence-electron chi connectivity index (χ3n) is 6.09. The van der Waals surface area contributed by atoms with Gasteiger partial charge in [-0.2, -0.15) is 4.98 Å². The first-order valence-electron chi connectivity index (χ1n) is 11.4. The summed E-state index contributed by atoms with van der Waals surface area (Å²) in [4.78, 5) is 35.3. The number of nitrogens with one attached hydrogen (secondary N) is 1. The average molecular weight is 486 g/mol. The van der Waals surface area contributed by atoms with Crippen molar-refractivity contribution in [3.8, 4) is 11.5 Å². The maximum absolute atomic E-state index is 13.5. The van der Waals surface area contributed by atoms with Crippen LogP contribution in [-0.2, 0) is 24.4 Å². The molecular formula is C25H22N6O5. The largest absolute Gasteiger partial charge is 0.454 e. The second-order valence-corrected chi connectivity index (χ2v) is 8.68. The number of rotatable bonds is 6. The van der Waals surface area contributed by atoms with Crippen LogP contribution in [0.15, 0.2) is 52.0 Å². The fourth-order valence-electron chi connectivity index (χ4n) is 4.39. The summed E-state index contributed by atoms with van der Waals surface area (Å²) in [6.07, 6.45) is 1.47. The lowest BCUT2D eigenvalue weighted by molar-refractivity contribution is -0.121. The van der Waals surface area contributed by atoms with Crippen LogP contribution in [0.25, 0.3) is 21.9 Å². The van der Waals surface area contributed by atoms with E-state index in [0.29, 0.717) is 40.8 Å². The summed E-state index contributed by atoms with van der Waals surface area (Å²) in [7, 11) is 0. The molecule has 0 aliphatic carbocycles. The molecule has 1 aliphatic rings. The van der Waals surface area contributed by atoms with Crippen LogP contribution >= 0.6 is 0 Å². The van der Waals surface area contributed by atoms with Crippen LogP contribution in [0.5, 0.6) is 11.5 Å². The molecule has 1 aliphatic heterocycles. The van der Waals surface area contributed by atoms with Crippen LogP contribution < -0.4 is 20.3 Å². The lowest BCUT2D eigenvalue weighted by Crippen LogP contribution is -2.29. The molecule has 0 atom stereocenters. The van der Waals surface area contributed by atoms with E-state index in [0.717, 1.165) is 22.0 Å². The van der Waals surface area contributed by atoms with Gasteiger partial charge in [0.2, 0.25) is 18.6 Å². The number of benzene rings is 2. The van der Waals surface area contributed by atoms with E-state index in [1.54, 1.807) is 11.5 Å². The Labute approximate surface area is 204 Å². The summed E-state index contributed by atoms with van der Waals surface area (Å²) >= 11 is 0. The molecule has 0 radical (unpaired) electrons. The molecule has 0 bridgehead atoms. The summed E-state index contributed by atoms with van der Waals surface area (Å²) in [6.45, 7) is 4.22. The number of hydrogen-bond donors (Lipinski definition) is 1. The molecule has 0 saturated carbocycles. The van der Waals surface area contributed by atoms with E-state index < -0.39 is 0 Å². The number of hydrogen-bond acceptors (Lipinski definition) is 8. The van der Waals surface area contributed by atoms with Gasteiger partial charge in [-0.1, -0.05) is 22.9 Å². The van der Waals surface area contributed by atoms with Gasteiger partial charge in [-0.15, -0.1) is 0 Å². The Balaban J connectivity index is 1.34. The Morgan fingerprint density at radius 3 is 2.81 bits per heavy atom. The number of fused-ring (bicyclic) bond motifs is 4. The quantitative estimate of drug-likeness (QED) is 0.388. The molecule has 0 unspecified atom stereocenters. The molecule has 0 spiro atoms. The molecular weight excluding hydrogens is 464 g/mol. The van der Waals surface area contributed by atoms with Crippen molar-refractivity contribution in [2.45, 2.75) is 33.5 Å². The number of carbonyl (C=O) groups excluding carboxylic acids is 1. The van der Waals surface area contributed by atoms with E-state index in [4.69, 9.17) is 14.0 Å². The van der Waals surface area contributed by atoms with Gasteiger partial charge in [0.15, 0.2) is 17.3 Å². The first-order valence-corrected chi connectivity index (χ1v) is 11.4. The van der Waals surface area contributed by atoms with E-state index in [-0.39, 0.29) is 31.3 Å². The Kier molecular flexibility index (Phi) is 5.17. The predicted molar refractivity (Wildman–Crippen MR) is 129 cm³/mol. The summed E-state index contributed by atoms with van der Waals surface area (Å²) in [5.41, 5.74) is 3.25.